The van der Waals surface area contributed by atoms with Crippen molar-refractivity contribution < 1.29 is 13.5 Å². The van der Waals surface area contributed by atoms with E-state index in [-0.39, 0.29) is 17.1 Å². The average Bonchev–Trinajstić information content (AvgIpc) is 2.09. The van der Waals surface area contributed by atoms with E-state index in [2.05, 4.69) is 4.98 Å². The molecular formula is C8H10F2N2O. The van der Waals surface area contributed by atoms with Crippen LogP contribution in [0.2, 0.25) is 0 Å². The van der Waals surface area contributed by atoms with Crippen LogP contribution >= 0.6 is 0 Å². The van der Waals surface area contributed by atoms with Gasteiger partial charge in [-0.3, -0.25) is 0 Å². The second kappa shape index (κ2) is 3.55. The SMILES string of the molecule is COc1ncc(C(F)F)c(C)c1N. The lowest BCUT2D eigenvalue weighted by Crippen LogP contribution is -2.01. The highest BCUT2D eigenvalue weighted by Gasteiger charge is 2.15. The van der Waals surface area contributed by atoms with Gasteiger partial charge in [0.15, 0.2) is 0 Å². The Morgan fingerprint density at radius 2 is 2.15 bits per heavy atom. The number of methoxy groups -OCH3 is 1. The lowest BCUT2D eigenvalue weighted by atomic mass is 10.1. The number of anilines is 1. The number of nitrogens with two attached hydrogens (primary N) is 1. The van der Waals surface area contributed by atoms with Crippen molar-refractivity contribution in [2.24, 2.45) is 0 Å². The number of pyridine rings is 1. The number of hydrogen-bond acceptors (Lipinski definition) is 3. The van der Waals surface area contributed by atoms with E-state index < -0.39 is 6.43 Å². The summed E-state index contributed by atoms with van der Waals surface area (Å²) in [6, 6.07) is 0. The summed E-state index contributed by atoms with van der Waals surface area (Å²) in [5.41, 5.74) is 5.84. The monoisotopic (exact) mass is 188 g/mol. The highest BCUT2D eigenvalue weighted by Crippen LogP contribution is 2.30. The molecule has 72 valence electrons. The number of aromatic nitrogens is 1. The molecule has 0 fully saturated rings. The van der Waals surface area contributed by atoms with Crippen LogP contribution in [0.3, 0.4) is 0 Å². The van der Waals surface area contributed by atoms with Gasteiger partial charge < -0.3 is 10.5 Å². The van der Waals surface area contributed by atoms with Crippen LogP contribution < -0.4 is 10.5 Å². The molecule has 0 saturated carbocycles. The fraction of sp³-hybridized carbons (Fsp3) is 0.375. The third-order valence-electron chi connectivity index (χ3n) is 1.82. The van der Waals surface area contributed by atoms with Gasteiger partial charge >= 0.3 is 0 Å². The van der Waals surface area contributed by atoms with Gasteiger partial charge in [0.2, 0.25) is 5.88 Å². The first-order chi connectivity index (χ1) is 6.07. The summed E-state index contributed by atoms with van der Waals surface area (Å²) >= 11 is 0. The minimum absolute atomic E-state index is 0.154. The Morgan fingerprint density at radius 1 is 1.54 bits per heavy atom. The molecule has 1 rings (SSSR count). The predicted molar refractivity (Wildman–Crippen MR) is 44.9 cm³/mol. The molecule has 0 aromatic carbocycles. The van der Waals surface area contributed by atoms with E-state index in [9.17, 15) is 8.78 Å². The molecule has 0 aliphatic heterocycles. The minimum Gasteiger partial charge on any atom is -0.480 e. The number of hydrogen-bond donors (Lipinski definition) is 1. The fourth-order valence-corrected chi connectivity index (χ4v) is 0.993. The Bertz CT molecular complexity index is 315. The van der Waals surface area contributed by atoms with Crippen LogP contribution in [0.25, 0.3) is 0 Å². The van der Waals surface area contributed by atoms with E-state index in [1.807, 2.05) is 0 Å². The molecular weight excluding hydrogens is 178 g/mol. The van der Waals surface area contributed by atoms with E-state index in [0.717, 1.165) is 6.20 Å². The summed E-state index contributed by atoms with van der Waals surface area (Å²) in [7, 11) is 1.39. The number of rotatable bonds is 2. The summed E-state index contributed by atoms with van der Waals surface area (Å²) in [5, 5.41) is 0. The molecule has 3 nitrogen and oxygen atoms in total. The molecule has 0 spiro atoms. The van der Waals surface area contributed by atoms with Gasteiger partial charge in [0.05, 0.1) is 12.8 Å². The Balaban J connectivity index is 3.23. The van der Waals surface area contributed by atoms with Gasteiger partial charge in [0.1, 0.15) is 0 Å². The van der Waals surface area contributed by atoms with Gasteiger partial charge in [0.25, 0.3) is 6.43 Å². The van der Waals surface area contributed by atoms with Crippen molar-refractivity contribution in [3.8, 4) is 5.88 Å². The first-order valence-electron chi connectivity index (χ1n) is 3.65. The third kappa shape index (κ3) is 1.68. The smallest absolute Gasteiger partial charge is 0.265 e. The van der Waals surface area contributed by atoms with Crippen molar-refractivity contribution in [2.75, 3.05) is 12.8 Å². The summed E-state index contributed by atoms with van der Waals surface area (Å²) in [6.07, 6.45) is -1.48. The quantitative estimate of drug-likeness (QED) is 0.771. The van der Waals surface area contributed by atoms with E-state index >= 15 is 0 Å². The summed E-state index contributed by atoms with van der Waals surface area (Å²) in [6.45, 7) is 1.51. The molecule has 0 amide bonds. The second-order valence-electron chi connectivity index (χ2n) is 2.56. The maximum Gasteiger partial charge on any atom is 0.265 e. The molecule has 1 aromatic heterocycles. The predicted octanol–water partition coefficient (Wildman–Crippen LogP) is 1.92. The Hall–Kier alpha value is -1.39. The molecule has 1 heterocycles. The molecule has 13 heavy (non-hydrogen) atoms. The summed E-state index contributed by atoms with van der Waals surface area (Å²) in [5.74, 6) is 0.182. The first kappa shape index (κ1) is 9.70. The number of nitrogens with zero attached hydrogens (tertiary/aromatic N) is 1. The van der Waals surface area contributed by atoms with Crippen LogP contribution in [-0.4, -0.2) is 12.1 Å². The number of nitrogen functional groups attached to an aromatic ring is 1. The summed E-state index contributed by atoms with van der Waals surface area (Å²) < 4.78 is 29.4. The zero-order chi connectivity index (χ0) is 10.0. The Morgan fingerprint density at radius 3 is 2.62 bits per heavy atom. The molecule has 0 radical (unpaired) electrons. The number of alkyl halides is 2. The molecule has 0 aliphatic carbocycles. The van der Waals surface area contributed by atoms with E-state index in [0.29, 0.717) is 5.56 Å². The van der Waals surface area contributed by atoms with Crippen molar-refractivity contribution >= 4 is 5.69 Å². The van der Waals surface area contributed by atoms with Crippen LogP contribution in [0.4, 0.5) is 14.5 Å². The van der Waals surface area contributed by atoms with Crippen molar-refractivity contribution in [2.45, 2.75) is 13.3 Å². The molecule has 0 bridgehead atoms. The van der Waals surface area contributed by atoms with Gasteiger partial charge in [-0.2, -0.15) is 0 Å². The maximum absolute atomic E-state index is 12.3. The van der Waals surface area contributed by atoms with Crippen molar-refractivity contribution in [3.63, 3.8) is 0 Å². The van der Waals surface area contributed by atoms with Crippen LogP contribution in [0.15, 0.2) is 6.20 Å². The number of halogens is 2. The average molecular weight is 188 g/mol. The van der Waals surface area contributed by atoms with Gasteiger partial charge in [-0.05, 0) is 12.5 Å². The second-order valence-corrected chi connectivity index (χ2v) is 2.56. The number of ether oxygens (including phenoxy) is 1. The van der Waals surface area contributed by atoms with Crippen molar-refractivity contribution in [1.82, 2.24) is 4.98 Å². The third-order valence-corrected chi connectivity index (χ3v) is 1.82. The molecule has 0 aliphatic rings. The van der Waals surface area contributed by atoms with Gasteiger partial charge in [-0.15, -0.1) is 0 Å². The molecule has 1 aromatic rings. The van der Waals surface area contributed by atoms with E-state index in [4.69, 9.17) is 10.5 Å². The summed E-state index contributed by atoms with van der Waals surface area (Å²) in [4.78, 5) is 3.65. The lowest BCUT2D eigenvalue weighted by Gasteiger charge is -2.09. The zero-order valence-corrected chi connectivity index (χ0v) is 7.34. The van der Waals surface area contributed by atoms with Crippen LogP contribution in [0.1, 0.15) is 17.6 Å². The van der Waals surface area contributed by atoms with Crippen molar-refractivity contribution in [3.05, 3.63) is 17.3 Å². The minimum atomic E-state index is -2.55. The highest BCUT2D eigenvalue weighted by molar-refractivity contribution is 5.57. The molecule has 0 unspecified atom stereocenters. The van der Waals surface area contributed by atoms with Crippen LogP contribution in [0, 0.1) is 6.92 Å². The Kier molecular flexibility index (Phi) is 2.65. The van der Waals surface area contributed by atoms with Crippen molar-refractivity contribution in [1.29, 1.82) is 0 Å². The highest BCUT2D eigenvalue weighted by atomic mass is 19.3. The first-order valence-corrected chi connectivity index (χ1v) is 3.65. The van der Waals surface area contributed by atoms with Gasteiger partial charge in [-0.1, -0.05) is 0 Å². The largest absolute Gasteiger partial charge is 0.480 e. The van der Waals surface area contributed by atoms with Gasteiger partial charge in [-0.25, -0.2) is 13.8 Å². The Labute approximate surface area is 74.5 Å². The molecule has 0 atom stereocenters. The topological polar surface area (TPSA) is 48.1 Å². The maximum atomic E-state index is 12.3. The zero-order valence-electron chi connectivity index (χ0n) is 7.34. The standard InChI is InChI=1S/C8H10F2N2O/c1-4-5(7(9)10)3-12-8(13-2)6(4)11/h3,7H,11H2,1-2H3. The fourth-order valence-electron chi connectivity index (χ4n) is 0.993. The van der Waals surface area contributed by atoms with Crippen LogP contribution in [-0.2, 0) is 0 Å². The molecule has 0 saturated heterocycles. The van der Waals surface area contributed by atoms with Gasteiger partial charge in [0, 0.05) is 11.8 Å². The van der Waals surface area contributed by atoms with E-state index in [1.165, 1.54) is 14.0 Å². The normalized spacial score (nSPS) is 10.5. The van der Waals surface area contributed by atoms with E-state index in [1.54, 1.807) is 0 Å². The van der Waals surface area contributed by atoms with Crippen LogP contribution in [0.5, 0.6) is 5.88 Å². The molecule has 5 heteroatoms. The molecule has 2 N–H and O–H groups in total. The lowest BCUT2D eigenvalue weighted by molar-refractivity contribution is 0.150.